The minimum Gasteiger partial charge on any atom is -0.385 e. The van der Waals surface area contributed by atoms with Gasteiger partial charge in [0.2, 0.25) is 0 Å². The highest BCUT2D eigenvalue weighted by atomic mass is 19.1. The molecule has 9 heteroatoms. The van der Waals surface area contributed by atoms with Crippen molar-refractivity contribution in [2.75, 3.05) is 5.32 Å². The summed E-state index contributed by atoms with van der Waals surface area (Å²) in [6, 6.07) is 6.09. The van der Waals surface area contributed by atoms with Crippen LogP contribution in [0.25, 0.3) is 11.3 Å². The number of amides is 1. The van der Waals surface area contributed by atoms with E-state index in [9.17, 15) is 14.3 Å². The fraction of sp³-hybridized carbons (Fsp3) is 0.393. The number of nitrogens with two attached hydrogens (primary N) is 1. The van der Waals surface area contributed by atoms with Crippen molar-refractivity contribution in [3.05, 3.63) is 77.0 Å². The summed E-state index contributed by atoms with van der Waals surface area (Å²) in [5, 5.41) is 13.5. The Labute approximate surface area is 213 Å². The van der Waals surface area contributed by atoms with Gasteiger partial charge in [0.1, 0.15) is 28.8 Å². The number of aromatic nitrogens is 2. The summed E-state index contributed by atoms with van der Waals surface area (Å²) in [5.74, 6) is -3.58. The third-order valence-electron chi connectivity index (χ3n) is 7.58. The van der Waals surface area contributed by atoms with Gasteiger partial charge < -0.3 is 16.2 Å². The number of benzene rings is 1. The Bertz CT molecular complexity index is 1300. The van der Waals surface area contributed by atoms with Crippen molar-refractivity contribution in [3.63, 3.8) is 0 Å². The number of carbonyl (C=O) groups excluding carboxylic acids is 1. The topological polar surface area (TPSA) is 101 Å². The molecule has 0 radical (unpaired) electrons. The number of halogens is 3. The molecule has 2 fully saturated rings. The fourth-order valence-electron chi connectivity index (χ4n) is 5.62. The quantitative estimate of drug-likeness (QED) is 0.417. The lowest BCUT2D eigenvalue weighted by atomic mass is 9.81. The van der Waals surface area contributed by atoms with E-state index in [1.54, 1.807) is 6.20 Å². The zero-order chi connectivity index (χ0) is 26.2. The van der Waals surface area contributed by atoms with Gasteiger partial charge in [-0.3, -0.25) is 9.78 Å². The number of nitrogens with one attached hydrogen (secondary N) is 1. The number of hydrogen-bond donors (Lipinski definition) is 3. The summed E-state index contributed by atoms with van der Waals surface area (Å²) in [6.07, 6.45) is 9.14. The van der Waals surface area contributed by atoms with Crippen molar-refractivity contribution < 1.29 is 23.1 Å². The Kier molecular flexibility index (Phi) is 7.00. The number of pyridine rings is 2. The van der Waals surface area contributed by atoms with Crippen LogP contribution in [0.5, 0.6) is 0 Å². The summed E-state index contributed by atoms with van der Waals surface area (Å²) in [7, 11) is 0. The molecule has 5 rings (SSSR count). The standard InChI is InChI=1S/C28H29F3N4O2/c29-20-6-7-23(27(36)35-24-15-33-11-8-19(24)16-4-3-5-18(32)12-16)34-26(20)25-21(30)13-17(14-22(25)31)28(37)9-1-2-10-28/h6-8,11,13-16,18,37H,1-5,9-10,12,32H2,(H,35,36). The average molecular weight is 511 g/mol. The van der Waals surface area contributed by atoms with Crippen molar-refractivity contribution >= 4 is 11.6 Å². The number of rotatable bonds is 5. The van der Waals surface area contributed by atoms with E-state index in [1.807, 2.05) is 6.07 Å². The minimum absolute atomic E-state index is 0.0855. The third kappa shape index (κ3) is 5.10. The van der Waals surface area contributed by atoms with Crippen LogP contribution in [0.1, 0.15) is 78.9 Å². The van der Waals surface area contributed by atoms with E-state index in [0.717, 1.165) is 68.4 Å². The maximum absolute atomic E-state index is 15.1. The lowest BCUT2D eigenvalue weighted by Crippen LogP contribution is -2.27. The first-order valence-electron chi connectivity index (χ1n) is 12.6. The summed E-state index contributed by atoms with van der Waals surface area (Å²) < 4.78 is 44.9. The van der Waals surface area contributed by atoms with Gasteiger partial charge in [-0.1, -0.05) is 19.3 Å². The molecule has 2 saturated carbocycles. The van der Waals surface area contributed by atoms with Gasteiger partial charge >= 0.3 is 0 Å². The summed E-state index contributed by atoms with van der Waals surface area (Å²) in [4.78, 5) is 21.2. The Morgan fingerprint density at radius 2 is 1.76 bits per heavy atom. The van der Waals surface area contributed by atoms with E-state index < -0.39 is 40.2 Å². The fourth-order valence-corrected chi connectivity index (χ4v) is 5.62. The number of anilines is 1. The largest absolute Gasteiger partial charge is 0.385 e. The average Bonchev–Trinajstić information content (AvgIpc) is 3.32. The predicted molar refractivity (Wildman–Crippen MR) is 133 cm³/mol. The first-order valence-corrected chi connectivity index (χ1v) is 12.6. The highest BCUT2D eigenvalue weighted by molar-refractivity contribution is 6.03. The molecule has 1 aromatic carbocycles. The molecule has 0 saturated heterocycles. The number of aliphatic hydroxyl groups is 1. The molecule has 0 aliphatic heterocycles. The molecule has 2 atom stereocenters. The maximum Gasteiger partial charge on any atom is 0.274 e. The third-order valence-corrected chi connectivity index (χ3v) is 7.58. The molecular formula is C28H29F3N4O2. The van der Waals surface area contributed by atoms with Crippen LogP contribution >= 0.6 is 0 Å². The second-order valence-corrected chi connectivity index (χ2v) is 10.1. The van der Waals surface area contributed by atoms with E-state index >= 15 is 8.78 Å². The molecule has 2 unspecified atom stereocenters. The zero-order valence-electron chi connectivity index (χ0n) is 20.3. The van der Waals surface area contributed by atoms with Gasteiger partial charge in [-0.25, -0.2) is 18.2 Å². The van der Waals surface area contributed by atoms with Gasteiger partial charge in [0.15, 0.2) is 0 Å². The molecule has 0 bridgehead atoms. The molecule has 4 N–H and O–H groups in total. The van der Waals surface area contributed by atoms with Crippen LogP contribution in [0.2, 0.25) is 0 Å². The number of carbonyl (C=O) groups is 1. The van der Waals surface area contributed by atoms with Gasteiger partial charge in [0, 0.05) is 12.2 Å². The molecule has 2 aliphatic carbocycles. The van der Waals surface area contributed by atoms with Crippen molar-refractivity contribution in [2.45, 2.75) is 68.9 Å². The SMILES string of the molecule is NC1CCCC(c2ccncc2NC(=O)c2ccc(F)c(-c3c(F)cc(C4(O)CCCC4)cc3F)n2)C1. The van der Waals surface area contributed by atoms with Crippen molar-refractivity contribution in [3.8, 4) is 11.3 Å². The van der Waals surface area contributed by atoms with Crippen molar-refractivity contribution in [1.29, 1.82) is 0 Å². The van der Waals surface area contributed by atoms with Gasteiger partial charge in [-0.15, -0.1) is 0 Å². The van der Waals surface area contributed by atoms with Gasteiger partial charge in [-0.05, 0) is 79.5 Å². The molecule has 2 aliphatic rings. The second kappa shape index (κ2) is 10.2. The normalized spacial score (nSPS) is 21.1. The van der Waals surface area contributed by atoms with Crippen LogP contribution in [-0.4, -0.2) is 27.0 Å². The van der Waals surface area contributed by atoms with Crippen LogP contribution in [0.4, 0.5) is 18.9 Å². The Morgan fingerprint density at radius 1 is 1.03 bits per heavy atom. The maximum atomic E-state index is 15.1. The van der Waals surface area contributed by atoms with Crippen LogP contribution in [0.15, 0.2) is 42.7 Å². The highest BCUT2D eigenvalue weighted by Gasteiger charge is 2.35. The van der Waals surface area contributed by atoms with Crippen LogP contribution in [0, 0.1) is 17.5 Å². The van der Waals surface area contributed by atoms with Gasteiger partial charge in [-0.2, -0.15) is 0 Å². The second-order valence-electron chi connectivity index (χ2n) is 10.1. The molecule has 194 valence electrons. The van der Waals surface area contributed by atoms with Crippen LogP contribution in [-0.2, 0) is 5.60 Å². The molecule has 2 heterocycles. The van der Waals surface area contributed by atoms with E-state index in [0.29, 0.717) is 18.5 Å². The molecule has 6 nitrogen and oxygen atoms in total. The van der Waals surface area contributed by atoms with E-state index in [-0.39, 0.29) is 23.2 Å². The molecular weight excluding hydrogens is 481 g/mol. The van der Waals surface area contributed by atoms with E-state index in [4.69, 9.17) is 5.73 Å². The minimum atomic E-state index is -1.31. The Balaban J connectivity index is 1.44. The molecule has 37 heavy (non-hydrogen) atoms. The summed E-state index contributed by atoms with van der Waals surface area (Å²) in [6.45, 7) is 0. The highest BCUT2D eigenvalue weighted by Crippen LogP contribution is 2.41. The smallest absolute Gasteiger partial charge is 0.274 e. The first kappa shape index (κ1) is 25.4. The summed E-state index contributed by atoms with van der Waals surface area (Å²) >= 11 is 0. The Hall–Kier alpha value is -3.30. The van der Waals surface area contributed by atoms with Crippen LogP contribution in [0.3, 0.4) is 0 Å². The van der Waals surface area contributed by atoms with Gasteiger partial charge in [0.05, 0.1) is 23.0 Å². The molecule has 1 amide bonds. The monoisotopic (exact) mass is 510 g/mol. The molecule has 2 aromatic heterocycles. The van der Waals surface area contributed by atoms with E-state index in [2.05, 4.69) is 15.3 Å². The van der Waals surface area contributed by atoms with Crippen molar-refractivity contribution in [1.82, 2.24) is 9.97 Å². The Morgan fingerprint density at radius 3 is 2.46 bits per heavy atom. The van der Waals surface area contributed by atoms with Crippen molar-refractivity contribution in [2.24, 2.45) is 5.73 Å². The lowest BCUT2D eigenvalue weighted by molar-refractivity contribution is 0.0438. The van der Waals surface area contributed by atoms with Crippen LogP contribution < -0.4 is 11.1 Å². The summed E-state index contributed by atoms with van der Waals surface area (Å²) in [5.41, 5.74) is 4.84. The molecule has 3 aromatic rings. The number of hydrogen-bond acceptors (Lipinski definition) is 5. The number of nitrogens with zero attached hydrogens (tertiary/aromatic N) is 2. The van der Waals surface area contributed by atoms with E-state index in [1.165, 1.54) is 6.20 Å². The lowest BCUT2D eigenvalue weighted by Gasteiger charge is -2.28. The van der Waals surface area contributed by atoms with Gasteiger partial charge in [0.25, 0.3) is 5.91 Å². The first-order chi connectivity index (χ1) is 17.7. The predicted octanol–water partition coefficient (Wildman–Crippen LogP) is 5.56. The molecule has 0 spiro atoms. The zero-order valence-corrected chi connectivity index (χ0v) is 20.3.